The van der Waals surface area contributed by atoms with Crippen molar-refractivity contribution in [2.75, 3.05) is 33.5 Å². The molecular formula is C31H42O6. The molecule has 202 valence electrons. The average molecular weight is 511 g/mol. The average Bonchev–Trinajstić information content (AvgIpc) is 2.91. The maximum Gasteiger partial charge on any atom is 0.335 e. The van der Waals surface area contributed by atoms with Crippen LogP contribution in [0, 0.1) is 13.8 Å². The summed E-state index contributed by atoms with van der Waals surface area (Å²) in [5.41, 5.74) is 7.68. The number of hydrogen-bond donors (Lipinski definition) is 2. The van der Waals surface area contributed by atoms with Gasteiger partial charge in [0, 0.05) is 18.6 Å². The van der Waals surface area contributed by atoms with Gasteiger partial charge in [0.1, 0.15) is 12.9 Å². The fraction of sp³-hybridized carbons (Fsp3) is 0.419. The van der Waals surface area contributed by atoms with E-state index in [0.29, 0.717) is 12.9 Å². The minimum Gasteiger partial charge on any atom is -0.462 e. The molecule has 2 aromatic carbocycles. The van der Waals surface area contributed by atoms with Gasteiger partial charge in [0.25, 0.3) is 0 Å². The number of carbonyl (C=O) groups is 2. The topological polar surface area (TPSA) is 93.1 Å². The lowest BCUT2D eigenvalue weighted by atomic mass is 9.91. The van der Waals surface area contributed by atoms with E-state index in [1.807, 2.05) is 0 Å². The molecule has 2 N–H and O–H groups in total. The molecule has 0 aliphatic heterocycles. The highest BCUT2D eigenvalue weighted by molar-refractivity contribution is 5.87. The van der Waals surface area contributed by atoms with Crippen molar-refractivity contribution in [2.24, 2.45) is 0 Å². The highest BCUT2D eigenvalue weighted by atomic mass is 16.5. The van der Waals surface area contributed by atoms with Gasteiger partial charge in [-0.1, -0.05) is 69.3 Å². The zero-order valence-electron chi connectivity index (χ0n) is 22.7. The van der Waals surface area contributed by atoms with Gasteiger partial charge in [-0.05, 0) is 60.1 Å². The fourth-order valence-electron chi connectivity index (χ4n) is 3.80. The van der Waals surface area contributed by atoms with Crippen LogP contribution in [-0.2, 0) is 25.5 Å². The number of carbonyl (C=O) groups excluding carboxylic acids is 2. The number of aliphatic hydroxyl groups excluding tert-OH is 2. The van der Waals surface area contributed by atoms with Crippen LogP contribution >= 0.6 is 0 Å². The van der Waals surface area contributed by atoms with Gasteiger partial charge in [-0.15, -0.1) is 0 Å². The molecule has 37 heavy (non-hydrogen) atoms. The van der Waals surface area contributed by atoms with Crippen LogP contribution in [0.25, 0.3) is 11.1 Å². The highest BCUT2D eigenvalue weighted by Crippen LogP contribution is 2.29. The molecule has 0 spiro atoms. The second-order valence-electron chi connectivity index (χ2n) is 9.12. The number of unbranched alkanes of at least 4 members (excludes halogenated alkanes) is 2. The van der Waals surface area contributed by atoms with Gasteiger partial charge < -0.3 is 19.7 Å². The Morgan fingerprint density at radius 1 is 1.00 bits per heavy atom. The number of esters is 1. The minimum absolute atomic E-state index is 0.0520. The normalized spacial score (nSPS) is 11.2. The second kappa shape index (κ2) is 17.4. The van der Waals surface area contributed by atoms with Crippen LogP contribution in [0.5, 0.6) is 0 Å². The SMILES string of the molecule is C=C(C=O)CO.C=C(CO)C(=O)OCC(COC)c1ccc(-c2ccc(CCCCC)c(C)c2)c(C)c1. The van der Waals surface area contributed by atoms with Crippen LogP contribution in [0.15, 0.2) is 60.7 Å². The third-order valence-corrected chi connectivity index (χ3v) is 6.06. The van der Waals surface area contributed by atoms with Crippen molar-refractivity contribution in [3.8, 4) is 11.1 Å². The van der Waals surface area contributed by atoms with E-state index in [0.717, 1.165) is 12.0 Å². The van der Waals surface area contributed by atoms with Crippen LogP contribution in [0.1, 0.15) is 54.4 Å². The summed E-state index contributed by atoms with van der Waals surface area (Å²) in [6.07, 6.45) is 5.41. The van der Waals surface area contributed by atoms with Gasteiger partial charge >= 0.3 is 5.97 Å². The van der Waals surface area contributed by atoms with Crippen LogP contribution in [0.3, 0.4) is 0 Å². The van der Waals surface area contributed by atoms with Gasteiger partial charge in [-0.25, -0.2) is 4.79 Å². The van der Waals surface area contributed by atoms with Crippen LogP contribution < -0.4 is 0 Å². The first-order valence-electron chi connectivity index (χ1n) is 12.6. The lowest BCUT2D eigenvalue weighted by Crippen LogP contribution is -2.18. The summed E-state index contributed by atoms with van der Waals surface area (Å²) >= 11 is 0. The Balaban J connectivity index is 0.00000102. The van der Waals surface area contributed by atoms with Gasteiger partial charge in [-0.3, -0.25) is 4.79 Å². The van der Waals surface area contributed by atoms with E-state index in [1.54, 1.807) is 7.11 Å². The summed E-state index contributed by atoms with van der Waals surface area (Å²) in [4.78, 5) is 21.3. The quantitative estimate of drug-likeness (QED) is 0.156. The summed E-state index contributed by atoms with van der Waals surface area (Å²) < 4.78 is 10.6. The number of aryl methyl sites for hydroxylation is 3. The van der Waals surface area contributed by atoms with Gasteiger partial charge in [0.05, 0.1) is 25.4 Å². The molecule has 2 aromatic rings. The first kappa shape index (κ1) is 32.0. The van der Waals surface area contributed by atoms with Gasteiger partial charge in [0.15, 0.2) is 0 Å². The van der Waals surface area contributed by atoms with Gasteiger partial charge in [0.2, 0.25) is 0 Å². The Kier molecular flexibility index (Phi) is 15.0. The molecule has 0 bridgehead atoms. The summed E-state index contributed by atoms with van der Waals surface area (Å²) in [7, 11) is 1.63. The number of ether oxygens (including phenoxy) is 2. The smallest absolute Gasteiger partial charge is 0.335 e. The monoisotopic (exact) mass is 510 g/mol. The molecule has 6 heteroatoms. The molecule has 0 saturated carbocycles. The zero-order chi connectivity index (χ0) is 27.8. The molecule has 0 saturated heterocycles. The summed E-state index contributed by atoms with van der Waals surface area (Å²) in [5, 5.41) is 17.0. The predicted octanol–water partition coefficient (Wildman–Crippen LogP) is 5.26. The van der Waals surface area contributed by atoms with Crippen molar-refractivity contribution in [3.05, 3.63) is 83.0 Å². The molecule has 0 radical (unpaired) electrons. The minimum atomic E-state index is -0.577. The molecule has 0 aliphatic carbocycles. The molecular weight excluding hydrogens is 468 g/mol. The molecule has 0 aromatic heterocycles. The Morgan fingerprint density at radius 2 is 1.73 bits per heavy atom. The molecule has 0 amide bonds. The first-order chi connectivity index (χ1) is 17.7. The summed E-state index contributed by atoms with van der Waals surface area (Å²) in [6.45, 7) is 13.2. The second-order valence-corrected chi connectivity index (χ2v) is 9.12. The Bertz CT molecular complexity index is 1040. The predicted molar refractivity (Wildman–Crippen MR) is 149 cm³/mol. The molecule has 1 atom stereocenters. The Hall–Kier alpha value is -3.06. The number of methoxy groups -OCH3 is 1. The third-order valence-electron chi connectivity index (χ3n) is 6.06. The lowest BCUT2D eigenvalue weighted by Gasteiger charge is -2.19. The van der Waals surface area contributed by atoms with Crippen molar-refractivity contribution in [1.82, 2.24) is 0 Å². The maximum absolute atomic E-state index is 11.8. The molecule has 6 nitrogen and oxygen atoms in total. The van der Waals surface area contributed by atoms with Crippen molar-refractivity contribution in [1.29, 1.82) is 0 Å². The lowest BCUT2D eigenvalue weighted by molar-refractivity contribution is -0.140. The van der Waals surface area contributed by atoms with Crippen LogP contribution in [0.2, 0.25) is 0 Å². The van der Waals surface area contributed by atoms with Crippen LogP contribution in [-0.4, -0.2) is 56.0 Å². The summed E-state index contributed by atoms with van der Waals surface area (Å²) in [6, 6.07) is 13.1. The molecule has 0 fully saturated rings. The van der Waals surface area contributed by atoms with Crippen molar-refractivity contribution in [3.63, 3.8) is 0 Å². The molecule has 1 unspecified atom stereocenters. The molecule has 0 aliphatic rings. The number of rotatable bonds is 14. The molecule has 2 rings (SSSR count). The van der Waals surface area contributed by atoms with Crippen molar-refractivity contribution < 1.29 is 29.3 Å². The number of benzene rings is 2. The van der Waals surface area contributed by atoms with Crippen molar-refractivity contribution >= 4 is 12.3 Å². The number of aldehydes is 1. The first-order valence-corrected chi connectivity index (χ1v) is 12.6. The van der Waals surface area contributed by atoms with E-state index in [1.165, 1.54) is 47.1 Å². The number of aliphatic hydroxyl groups is 2. The summed E-state index contributed by atoms with van der Waals surface area (Å²) in [5.74, 6) is -0.665. The van der Waals surface area contributed by atoms with E-state index in [4.69, 9.17) is 19.7 Å². The van der Waals surface area contributed by atoms with E-state index < -0.39 is 12.6 Å². The molecule has 0 heterocycles. The number of hydrogen-bond acceptors (Lipinski definition) is 6. The van der Waals surface area contributed by atoms with E-state index in [9.17, 15) is 9.59 Å². The van der Waals surface area contributed by atoms with Gasteiger partial charge in [-0.2, -0.15) is 0 Å². The fourth-order valence-corrected chi connectivity index (χ4v) is 3.80. The maximum atomic E-state index is 11.8. The van der Waals surface area contributed by atoms with E-state index in [2.05, 4.69) is 70.3 Å². The Morgan fingerprint density at radius 3 is 2.24 bits per heavy atom. The Labute approximate surface area is 221 Å². The standard InChI is InChI=1S/C27H36O4.C4H6O2/c1-6-7-8-9-22-10-11-24(14-19(22)2)26-13-12-23(15-20(26)3)25(17-30-5)18-31-27(29)21(4)16-28;1-4(2-5)3-6/h10-15,25,28H,4,6-9,16-18H2,1-3,5H3;2,6H,1,3H2. The van der Waals surface area contributed by atoms with Crippen molar-refractivity contribution in [2.45, 2.75) is 52.4 Å². The largest absolute Gasteiger partial charge is 0.462 e. The van der Waals surface area contributed by atoms with E-state index >= 15 is 0 Å². The van der Waals surface area contributed by atoms with Crippen LogP contribution in [0.4, 0.5) is 0 Å². The highest BCUT2D eigenvalue weighted by Gasteiger charge is 2.17. The zero-order valence-corrected chi connectivity index (χ0v) is 22.7. The third kappa shape index (κ3) is 10.8. The van der Waals surface area contributed by atoms with E-state index in [-0.39, 0.29) is 30.3 Å².